The number of sulfonamides is 1. The van der Waals surface area contributed by atoms with Gasteiger partial charge in [-0.25, -0.2) is 8.42 Å². The molecule has 21 heavy (non-hydrogen) atoms. The molecule has 1 aromatic carbocycles. The first-order valence-corrected chi connectivity index (χ1v) is 9.30. The third-order valence-corrected chi connectivity index (χ3v) is 7.11. The molecule has 2 unspecified atom stereocenters. The summed E-state index contributed by atoms with van der Waals surface area (Å²) in [6.07, 6.45) is 2.79. The molecule has 2 atom stereocenters. The summed E-state index contributed by atoms with van der Waals surface area (Å²) < 4.78 is 33.7. The molecule has 0 spiro atoms. The van der Waals surface area contributed by atoms with Crippen molar-refractivity contribution in [2.75, 3.05) is 13.2 Å². The SMILES string of the molecule is O=S(=O)(c1cc(CO)ccc1Br)N1CCOC2CCCC21. The average molecular weight is 376 g/mol. The van der Waals surface area contributed by atoms with E-state index in [2.05, 4.69) is 15.9 Å². The largest absolute Gasteiger partial charge is 0.392 e. The molecule has 2 fully saturated rings. The van der Waals surface area contributed by atoms with E-state index in [0.29, 0.717) is 23.2 Å². The van der Waals surface area contributed by atoms with Crippen molar-refractivity contribution in [3.8, 4) is 0 Å². The van der Waals surface area contributed by atoms with Crippen molar-refractivity contribution < 1.29 is 18.3 Å². The number of aliphatic hydroxyl groups excluding tert-OH is 1. The van der Waals surface area contributed by atoms with Crippen LogP contribution in [-0.4, -0.2) is 43.1 Å². The number of halogens is 1. The second kappa shape index (κ2) is 5.96. The highest BCUT2D eigenvalue weighted by molar-refractivity contribution is 9.10. The predicted molar refractivity (Wildman–Crippen MR) is 81.3 cm³/mol. The number of morpholine rings is 1. The summed E-state index contributed by atoms with van der Waals surface area (Å²) >= 11 is 3.32. The minimum atomic E-state index is -3.58. The Balaban J connectivity index is 2.00. The minimum absolute atomic E-state index is 0.0216. The smallest absolute Gasteiger partial charge is 0.244 e. The molecule has 1 saturated heterocycles. The van der Waals surface area contributed by atoms with Gasteiger partial charge in [0.05, 0.1) is 30.3 Å². The van der Waals surface area contributed by atoms with E-state index < -0.39 is 10.0 Å². The maximum Gasteiger partial charge on any atom is 0.244 e. The molecule has 1 aromatic rings. The average Bonchev–Trinajstić information content (AvgIpc) is 2.95. The molecule has 1 heterocycles. The second-order valence-corrected chi connectivity index (χ2v) is 8.16. The zero-order valence-corrected chi connectivity index (χ0v) is 13.9. The van der Waals surface area contributed by atoms with E-state index in [1.165, 1.54) is 0 Å². The van der Waals surface area contributed by atoms with Gasteiger partial charge < -0.3 is 9.84 Å². The van der Waals surface area contributed by atoms with E-state index in [0.717, 1.165) is 19.3 Å². The molecule has 0 bridgehead atoms. The Bertz CT molecular complexity index is 634. The summed E-state index contributed by atoms with van der Waals surface area (Å²) in [4.78, 5) is 0.224. The standard InChI is InChI=1S/C14H18BrNO4S/c15-11-5-4-10(9-17)8-14(11)21(18,19)16-6-7-20-13-3-1-2-12(13)16/h4-5,8,12-13,17H,1-3,6-7,9H2. The lowest BCUT2D eigenvalue weighted by atomic mass is 10.2. The Morgan fingerprint density at radius 1 is 1.38 bits per heavy atom. The summed E-state index contributed by atoms with van der Waals surface area (Å²) in [5, 5.41) is 9.24. The monoisotopic (exact) mass is 375 g/mol. The van der Waals surface area contributed by atoms with Crippen LogP contribution in [-0.2, 0) is 21.4 Å². The Hall–Kier alpha value is -0.470. The molecule has 1 saturated carbocycles. The molecular weight excluding hydrogens is 358 g/mol. The lowest BCUT2D eigenvalue weighted by Gasteiger charge is -2.36. The summed E-state index contributed by atoms with van der Waals surface area (Å²) in [6, 6.07) is 4.86. The summed E-state index contributed by atoms with van der Waals surface area (Å²) in [5.41, 5.74) is 0.591. The lowest BCUT2D eigenvalue weighted by molar-refractivity contribution is -0.0241. The topological polar surface area (TPSA) is 66.8 Å². The number of aliphatic hydroxyl groups is 1. The summed E-state index contributed by atoms with van der Waals surface area (Å²) in [6.45, 7) is 0.655. The molecule has 1 aliphatic carbocycles. The van der Waals surface area contributed by atoms with Crippen LogP contribution < -0.4 is 0 Å². The van der Waals surface area contributed by atoms with E-state index in [1.807, 2.05) is 0 Å². The maximum absolute atomic E-state index is 13.0. The number of hydrogen-bond acceptors (Lipinski definition) is 4. The molecule has 1 N–H and O–H groups in total. The van der Waals surface area contributed by atoms with Gasteiger partial charge in [0.25, 0.3) is 0 Å². The first-order chi connectivity index (χ1) is 10.0. The van der Waals surface area contributed by atoms with Crippen molar-refractivity contribution in [2.45, 2.75) is 42.9 Å². The minimum Gasteiger partial charge on any atom is -0.392 e. The van der Waals surface area contributed by atoms with Crippen LogP contribution in [0.15, 0.2) is 27.6 Å². The third-order valence-electron chi connectivity index (χ3n) is 4.20. The lowest BCUT2D eigenvalue weighted by Crippen LogP contribution is -2.51. The normalized spacial score (nSPS) is 26.8. The molecule has 7 heteroatoms. The summed E-state index contributed by atoms with van der Waals surface area (Å²) in [7, 11) is -3.58. The number of ether oxygens (including phenoxy) is 1. The van der Waals surface area contributed by atoms with Gasteiger partial charge in [0.2, 0.25) is 10.0 Å². The fourth-order valence-corrected chi connectivity index (χ4v) is 5.80. The second-order valence-electron chi connectivity index (χ2n) is 5.45. The highest BCUT2D eigenvalue weighted by atomic mass is 79.9. The van der Waals surface area contributed by atoms with E-state index >= 15 is 0 Å². The van der Waals surface area contributed by atoms with E-state index in [9.17, 15) is 13.5 Å². The van der Waals surface area contributed by atoms with E-state index in [-0.39, 0.29) is 23.6 Å². The molecule has 1 aliphatic heterocycles. The molecule has 2 aliphatic rings. The molecule has 116 valence electrons. The molecule has 0 amide bonds. The van der Waals surface area contributed by atoms with Crippen LogP contribution in [0.2, 0.25) is 0 Å². The quantitative estimate of drug-likeness (QED) is 0.875. The van der Waals surface area contributed by atoms with E-state index in [1.54, 1.807) is 22.5 Å². The van der Waals surface area contributed by atoms with Crippen molar-refractivity contribution in [3.05, 3.63) is 28.2 Å². The molecule has 5 nitrogen and oxygen atoms in total. The van der Waals surface area contributed by atoms with Gasteiger partial charge in [-0.05, 0) is 52.9 Å². The number of hydrogen-bond donors (Lipinski definition) is 1. The maximum atomic E-state index is 13.0. The van der Waals surface area contributed by atoms with Crippen molar-refractivity contribution in [2.24, 2.45) is 0 Å². The first kappa shape index (κ1) is 15.4. The van der Waals surface area contributed by atoms with Crippen LogP contribution in [0.25, 0.3) is 0 Å². The van der Waals surface area contributed by atoms with Gasteiger partial charge in [-0.1, -0.05) is 6.07 Å². The third kappa shape index (κ3) is 2.77. The number of nitrogens with zero attached hydrogens (tertiary/aromatic N) is 1. The summed E-state index contributed by atoms with van der Waals surface area (Å²) in [5.74, 6) is 0. The van der Waals surface area contributed by atoms with Gasteiger partial charge in [0.15, 0.2) is 0 Å². The van der Waals surface area contributed by atoms with Gasteiger partial charge in [0.1, 0.15) is 0 Å². The van der Waals surface area contributed by atoms with Crippen LogP contribution >= 0.6 is 15.9 Å². The molecule has 0 radical (unpaired) electrons. The zero-order valence-electron chi connectivity index (χ0n) is 11.5. The molecule has 0 aromatic heterocycles. The van der Waals surface area contributed by atoms with Crippen LogP contribution in [0.4, 0.5) is 0 Å². The Morgan fingerprint density at radius 2 is 2.19 bits per heavy atom. The van der Waals surface area contributed by atoms with Gasteiger partial charge in [-0.15, -0.1) is 0 Å². The fraction of sp³-hybridized carbons (Fsp3) is 0.571. The van der Waals surface area contributed by atoms with Crippen molar-refractivity contribution in [1.29, 1.82) is 0 Å². The van der Waals surface area contributed by atoms with Crippen molar-refractivity contribution in [3.63, 3.8) is 0 Å². The van der Waals surface area contributed by atoms with Crippen LogP contribution in [0.3, 0.4) is 0 Å². The Morgan fingerprint density at radius 3 is 2.95 bits per heavy atom. The zero-order chi connectivity index (χ0) is 15.0. The van der Waals surface area contributed by atoms with Gasteiger partial charge in [0, 0.05) is 11.0 Å². The van der Waals surface area contributed by atoms with Crippen molar-refractivity contribution in [1.82, 2.24) is 4.31 Å². The highest BCUT2D eigenvalue weighted by Crippen LogP contribution is 2.35. The van der Waals surface area contributed by atoms with E-state index in [4.69, 9.17) is 4.74 Å². The number of rotatable bonds is 3. The van der Waals surface area contributed by atoms with Crippen LogP contribution in [0.5, 0.6) is 0 Å². The van der Waals surface area contributed by atoms with Gasteiger partial charge in [-0.3, -0.25) is 0 Å². The Kier molecular flexibility index (Phi) is 4.38. The highest BCUT2D eigenvalue weighted by Gasteiger charge is 2.42. The predicted octanol–water partition coefficient (Wildman–Crippen LogP) is 1.88. The van der Waals surface area contributed by atoms with Crippen LogP contribution in [0, 0.1) is 0 Å². The fourth-order valence-electron chi connectivity index (χ4n) is 3.16. The molecule has 3 rings (SSSR count). The first-order valence-electron chi connectivity index (χ1n) is 7.07. The Labute approximate surface area is 133 Å². The molecular formula is C14H18BrNO4S. The van der Waals surface area contributed by atoms with Crippen molar-refractivity contribution >= 4 is 26.0 Å². The van der Waals surface area contributed by atoms with Gasteiger partial charge >= 0.3 is 0 Å². The van der Waals surface area contributed by atoms with Crippen LogP contribution in [0.1, 0.15) is 24.8 Å². The number of fused-ring (bicyclic) bond motifs is 1. The van der Waals surface area contributed by atoms with Gasteiger partial charge in [-0.2, -0.15) is 4.31 Å². The number of benzene rings is 1.